The topological polar surface area (TPSA) is 96.0 Å². The predicted molar refractivity (Wildman–Crippen MR) is 130 cm³/mol. The number of rotatable bonds is 10. The van der Waals surface area contributed by atoms with Crippen LogP contribution in [0.2, 0.25) is 10.0 Å². The molecule has 0 heterocycles. The monoisotopic (exact) mass is 515 g/mol. The number of sulfonamides is 1. The molecule has 0 fully saturated rings. The lowest BCUT2D eigenvalue weighted by Crippen LogP contribution is -2.51. The molecule has 0 spiro atoms. The summed E-state index contributed by atoms with van der Waals surface area (Å²) < 4.78 is 31.3. The number of ether oxygens (including phenoxy) is 1. The molecule has 8 nitrogen and oxygen atoms in total. The molecule has 33 heavy (non-hydrogen) atoms. The second-order valence-corrected chi connectivity index (χ2v) is 10.0. The Morgan fingerprint density at radius 1 is 1.15 bits per heavy atom. The smallest absolute Gasteiger partial charge is 0.244 e. The normalized spacial score (nSPS) is 12.1. The van der Waals surface area contributed by atoms with Crippen LogP contribution in [0.25, 0.3) is 0 Å². The molecule has 1 N–H and O–H groups in total. The minimum atomic E-state index is -3.83. The number of benzene rings is 2. The maximum absolute atomic E-state index is 13.5. The lowest BCUT2D eigenvalue weighted by Gasteiger charge is -2.32. The minimum Gasteiger partial charge on any atom is -0.497 e. The summed E-state index contributed by atoms with van der Waals surface area (Å²) in [5, 5.41) is 3.32. The molecule has 0 aliphatic rings. The van der Waals surface area contributed by atoms with Crippen molar-refractivity contribution in [3.8, 4) is 5.75 Å². The first-order chi connectivity index (χ1) is 15.5. The van der Waals surface area contributed by atoms with Gasteiger partial charge in [-0.15, -0.1) is 0 Å². The summed E-state index contributed by atoms with van der Waals surface area (Å²) in [5.74, 6) is -0.497. The fourth-order valence-electron chi connectivity index (χ4n) is 3.30. The predicted octanol–water partition coefficient (Wildman–Crippen LogP) is 3.32. The lowest BCUT2D eigenvalue weighted by atomic mass is 10.1. The number of halogens is 2. The maximum atomic E-state index is 13.5. The van der Waals surface area contributed by atoms with E-state index in [1.807, 2.05) is 0 Å². The zero-order chi connectivity index (χ0) is 24.8. The first-order valence-electron chi connectivity index (χ1n) is 10.1. The van der Waals surface area contributed by atoms with Crippen molar-refractivity contribution in [1.82, 2.24) is 10.2 Å². The highest BCUT2D eigenvalue weighted by atomic mass is 35.5. The highest BCUT2D eigenvalue weighted by Gasteiger charge is 2.31. The third-order valence-corrected chi connectivity index (χ3v) is 6.74. The largest absolute Gasteiger partial charge is 0.497 e. The molecule has 180 valence electrons. The molecule has 2 amide bonds. The molecule has 0 saturated heterocycles. The molecule has 0 bridgehead atoms. The van der Waals surface area contributed by atoms with E-state index >= 15 is 0 Å². The van der Waals surface area contributed by atoms with Gasteiger partial charge in [-0.2, -0.15) is 0 Å². The highest BCUT2D eigenvalue weighted by Crippen LogP contribution is 2.26. The Hall–Kier alpha value is -2.49. The minimum absolute atomic E-state index is 0.00350. The summed E-state index contributed by atoms with van der Waals surface area (Å²) in [4.78, 5) is 27.3. The SMILES string of the molecule is CC[C@@H](C(=O)NC)N(Cc1ccc(Cl)cc1Cl)C(=O)CN(c1cccc(OC)c1)S(C)(=O)=O. The molecule has 0 aromatic heterocycles. The lowest BCUT2D eigenvalue weighted by molar-refractivity contribution is -0.140. The van der Waals surface area contributed by atoms with Crippen LogP contribution in [0.3, 0.4) is 0 Å². The molecule has 0 saturated carbocycles. The molecule has 2 rings (SSSR count). The Morgan fingerprint density at radius 3 is 2.39 bits per heavy atom. The van der Waals surface area contributed by atoms with E-state index in [1.165, 1.54) is 25.1 Å². The van der Waals surface area contributed by atoms with E-state index in [4.69, 9.17) is 27.9 Å². The number of carbonyl (C=O) groups is 2. The van der Waals surface area contributed by atoms with Gasteiger partial charge in [0.05, 0.1) is 19.1 Å². The fraction of sp³-hybridized carbons (Fsp3) is 0.364. The zero-order valence-corrected chi connectivity index (χ0v) is 21.2. The number of amides is 2. The van der Waals surface area contributed by atoms with Gasteiger partial charge in [-0.25, -0.2) is 8.42 Å². The van der Waals surface area contributed by atoms with Crippen LogP contribution in [0.15, 0.2) is 42.5 Å². The van der Waals surface area contributed by atoms with E-state index in [-0.39, 0.29) is 18.1 Å². The van der Waals surface area contributed by atoms with E-state index in [9.17, 15) is 18.0 Å². The van der Waals surface area contributed by atoms with Crippen LogP contribution in [0.5, 0.6) is 5.75 Å². The standard InChI is InChI=1S/C22H27Cl2N3O5S/c1-5-20(22(29)25-2)26(13-15-9-10-16(23)11-19(15)24)21(28)14-27(33(4,30)31)17-7-6-8-18(12-17)32-3/h6-12,20H,5,13-14H2,1-4H3,(H,25,29)/t20-/m0/s1. The molecule has 1 atom stereocenters. The van der Waals surface area contributed by atoms with Crippen molar-refractivity contribution in [3.05, 3.63) is 58.1 Å². The van der Waals surface area contributed by atoms with Crippen molar-refractivity contribution in [2.24, 2.45) is 0 Å². The van der Waals surface area contributed by atoms with E-state index in [0.29, 0.717) is 27.8 Å². The van der Waals surface area contributed by atoms with Gasteiger partial charge in [0.15, 0.2) is 0 Å². The van der Waals surface area contributed by atoms with Gasteiger partial charge >= 0.3 is 0 Å². The van der Waals surface area contributed by atoms with Crippen molar-refractivity contribution in [2.45, 2.75) is 25.9 Å². The fourth-order valence-corrected chi connectivity index (χ4v) is 4.61. The third-order valence-electron chi connectivity index (χ3n) is 5.01. The summed E-state index contributed by atoms with van der Waals surface area (Å²) in [7, 11) is -0.896. The molecule has 2 aromatic carbocycles. The van der Waals surface area contributed by atoms with Crippen LogP contribution in [-0.4, -0.2) is 58.1 Å². The molecule has 0 unspecified atom stereocenters. The van der Waals surface area contributed by atoms with Crippen molar-refractivity contribution in [1.29, 1.82) is 0 Å². The van der Waals surface area contributed by atoms with Gasteiger partial charge in [-0.1, -0.05) is 42.3 Å². The summed E-state index contributed by atoms with van der Waals surface area (Å²) in [6, 6.07) is 10.4. The first-order valence-corrected chi connectivity index (χ1v) is 12.7. The van der Waals surface area contributed by atoms with Crippen LogP contribution in [0, 0.1) is 0 Å². The average molecular weight is 516 g/mol. The van der Waals surface area contributed by atoms with E-state index in [2.05, 4.69) is 5.32 Å². The molecular formula is C22H27Cl2N3O5S. The number of anilines is 1. The molecular weight excluding hydrogens is 489 g/mol. The maximum Gasteiger partial charge on any atom is 0.244 e. The molecule has 0 aliphatic carbocycles. The quantitative estimate of drug-likeness (QED) is 0.523. The van der Waals surface area contributed by atoms with Crippen molar-refractivity contribution >= 4 is 50.7 Å². The zero-order valence-electron chi connectivity index (χ0n) is 18.8. The van der Waals surface area contributed by atoms with Gasteiger partial charge in [0.2, 0.25) is 21.8 Å². The van der Waals surface area contributed by atoms with Gasteiger partial charge in [-0.3, -0.25) is 13.9 Å². The van der Waals surface area contributed by atoms with Gasteiger partial charge in [-0.05, 0) is 36.2 Å². The Bertz CT molecular complexity index is 1110. The van der Waals surface area contributed by atoms with Crippen molar-refractivity contribution in [2.75, 3.05) is 31.3 Å². The summed E-state index contributed by atoms with van der Waals surface area (Å²) >= 11 is 12.3. The van der Waals surface area contributed by atoms with Crippen LogP contribution >= 0.6 is 23.2 Å². The molecule has 0 aliphatic heterocycles. The van der Waals surface area contributed by atoms with Crippen LogP contribution < -0.4 is 14.4 Å². The molecule has 2 aromatic rings. The molecule has 0 radical (unpaired) electrons. The van der Waals surface area contributed by atoms with Gasteiger partial charge in [0.25, 0.3) is 0 Å². The number of nitrogens with one attached hydrogen (secondary N) is 1. The van der Waals surface area contributed by atoms with Crippen LogP contribution in [0.4, 0.5) is 5.69 Å². The molecule has 11 heteroatoms. The third kappa shape index (κ3) is 6.99. The Kier molecular flexibility index (Phi) is 9.39. The summed E-state index contributed by atoms with van der Waals surface area (Å²) in [6.45, 7) is 1.25. The number of carbonyl (C=O) groups excluding carboxylic acids is 2. The van der Waals surface area contributed by atoms with E-state index in [1.54, 1.807) is 43.3 Å². The van der Waals surface area contributed by atoms with Crippen LogP contribution in [0.1, 0.15) is 18.9 Å². The summed E-state index contributed by atoms with van der Waals surface area (Å²) in [5.41, 5.74) is 0.840. The Labute approximate surface area is 204 Å². The number of likely N-dealkylation sites (N-methyl/N-ethyl adjacent to an activating group) is 1. The Balaban J connectivity index is 2.47. The first kappa shape index (κ1) is 26.8. The number of methoxy groups -OCH3 is 1. The van der Waals surface area contributed by atoms with Crippen LogP contribution in [-0.2, 0) is 26.2 Å². The van der Waals surface area contributed by atoms with E-state index < -0.39 is 28.5 Å². The van der Waals surface area contributed by atoms with Crippen molar-refractivity contribution < 1.29 is 22.7 Å². The second kappa shape index (κ2) is 11.6. The van der Waals surface area contributed by atoms with E-state index in [0.717, 1.165) is 10.6 Å². The number of hydrogen-bond acceptors (Lipinski definition) is 5. The van der Waals surface area contributed by atoms with Gasteiger partial charge in [0, 0.05) is 29.7 Å². The van der Waals surface area contributed by atoms with Gasteiger partial charge in [0.1, 0.15) is 18.3 Å². The van der Waals surface area contributed by atoms with Gasteiger partial charge < -0.3 is 15.0 Å². The summed E-state index contributed by atoms with van der Waals surface area (Å²) in [6.07, 6.45) is 1.32. The number of hydrogen-bond donors (Lipinski definition) is 1. The second-order valence-electron chi connectivity index (χ2n) is 7.27. The Morgan fingerprint density at radius 2 is 1.85 bits per heavy atom. The average Bonchev–Trinajstić information content (AvgIpc) is 2.77. The number of nitrogens with zero attached hydrogens (tertiary/aromatic N) is 2. The highest BCUT2D eigenvalue weighted by molar-refractivity contribution is 7.92. The van der Waals surface area contributed by atoms with Crippen molar-refractivity contribution in [3.63, 3.8) is 0 Å².